The van der Waals surface area contributed by atoms with E-state index in [2.05, 4.69) is 10.3 Å². The molecule has 26 heavy (non-hydrogen) atoms. The first-order valence-corrected chi connectivity index (χ1v) is 9.27. The highest BCUT2D eigenvalue weighted by Gasteiger charge is 2.27. The lowest BCUT2D eigenvalue weighted by molar-refractivity contribution is -0.116. The topological polar surface area (TPSA) is 62.3 Å². The smallest absolute Gasteiger partial charge is 0.266 e. The Balaban J connectivity index is 1.64. The van der Waals surface area contributed by atoms with Crippen molar-refractivity contribution >= 4 is 28.8 Å². The first kappa shape index (κ1) is 18.4. The zero-order valence-corrected chi connectivity index (χ0v) is 15.1. The molecular formula is C18H19F2N3O2S. The summed E-state index contributed by atoms with van der Waals surface area (Å²) in [5.74, 6) is -2.06. The Hall–Kier alpha value is -2.35. The maximum absolute atomic E-state index is 13.2. The Kier molecular flexibility index (Phi) is 5.61. The number of hydrogen-bond donors (Lipinski definition) is 1. The third kappa shape index (κ3) is 4.24. The summed E-state index contributed by atoms with van der Waals surface area (Å²) >= 11 is 1.27. The molecule has 0 aliphatic heterocycles. The lowest BCUT2D eigenvalue weighted by atomic mass is 10.0. The first-order chi connectivity index (χ1) is 12.4. The highest BCUT2D eigenvalue weighted by molar-refractivity contribution is 7.11. The van der Waals surface area contributed by atoms with E-state index in [0.29, 0.717) is 10.8 Å². The van der Waals surface area contributed by atoms with Crippen LogP contribution in [0.15, 0.2) is 23.7 Å². The number of rotatable bonds is 5. The monoisotopic (exact) mass is 379 g/mol. The maximum Gasteiger partial charge on any atom is 0.266 e. The number of likely N-dealkylation sites (N-methyl/N-ethyl adjacent to an activating group) is 1. The first-order valence-electron chi connectivity index (χ1n) is 8.39. The SMILES string of the molecule is CN(CC(=O)Nc1cc(F)cc(F)c1)C(=O)c1scnc1C1CCCC1. The molecule has 0 bridgehead atoms. The molecule has 5 nitrogen and oxygen atoms in total. The largest absolute Gasteiger partial charge is 0.332 e. The number of halogens is 2. The molecule has 1 N–H and O–H groups in total. The second kappa shape index (κ2) is 7.90. The number of benzene rings is 1. The molecule has 2 aromatic rings. The van der Waals surface area contributed by atoms with Gasteiger partial charge >= 0.3 is 0 Å². The number of carbonyl (C=O) groups is 2. The summed E-state index contributed by atoms with van der Waals surface area (Å²) < 4.78 is 26.4. The van der Waals surface area contributed by atoms with Crippen molar-refractivity contribution in [3.8, 4) is 0 Å². The Morgan fingerprint density at radius 3 is 2.54 bits per heavy atom. The molecule has 0 atom stereocenters. The van der Waals surface area contributed by atoms with Crippen molar-refractivity contribution in [2.75, 3.05) is 18.9 Å². The summed E-state index contributed by atoms with van der Waals surface area (Å²) in [5, 5.41) is 2.40. The van der Waals surface area contributed by atoms with Crippen LogP contribution in [0.3, 0.4) is 0 Å². The van der Waals surface area contributed by atoms with Crippen LogP contribution in [0.1, 0.15) is 47.0 Å². The molecule has 0 radical (unpaired) electrons. The van der Waals surface area contributed by atoms with Crippen LogP contribution in [-0.2, 0) is 4.79 Å². The summed E-state index contributed by atoms with van der Waals surface area (Å²) in [6.45, 7) is -0.223. The Morgan fingerprint density at radius 2 is 1.88 bits per heavy atom. The Bertz CT molecular complexity index is 798. The number of carbonyl (C=O) groups excluding carboxylic acids is 2. The highest BCUT2D eigenvalue weighted by atomic mass is 32.1. The van der Waals surface area contributed by atoms with Gasteiger partial charge in [-0.05, 0) is 25.0 Å². The number of thiazole rings is 1. The molecule has 0 unspecified atom stereocenters. The van der Waals surface area contributed by atoms with Gasteiger partial charge in [0.15, 0.2) is 0 Å². The van der Waals surface area contributed by atoms with E-state index >= 15 is 0 Å². The quantitative estimate of drug-likeness (QED) is 0.860. The van der Waals surface area contributed by atoms with Crippen LogP contribution in [0.5, 0.6) is 0 Å². The van der Waals surface area contributed by atoms with Crippen molar-refractivity contribution < 1.29 is 18.4 Å². The van der Waals surface area contributed by atoms with Crippen LogP contribution in [0.2, 0.25) is 0 Å². The molecule has 1 aliphatic carbocycles. The molecular weight excluding hydrogens is 360 g/mol. The van der Waals surface area contributed by atoms with Crippen molar-refractivity contribution in [2.24, 2.45) is 0 Å². The molecule has 2 amide bonds. The van der Waals surface area contributed by atoms with Gasteiger partial charge in [-0.3, -0.25) is 9.59 Å². The van der Waals surface area contributed by atoms with Gasteiger partial charge in [-0.15, -0.1) is 11.3 Å². The summed E-state index contributed by atoms with van der Waals surface area (Å²) in [5.41, 5.74) is 2.49. The summed E-state index contributed by atoms with van der Waals surface area (Å²) in [7, 11) is 1.52. The molecule has 1 aliphatic rings. The lowest BCUT2D eigenvalue weighted by Gasteiger charge is -2.17. The van der Waals surface area contributed by atoms with E-state index in [1.165, 1.54) is 23.3 Å². The van der Waals surface area contributed by atoms with Gasteiger partial charge in [-0.1, -0.05) is 12.8 Å². The Labute approximate surface area is 154 Å². The molecule has 0 saturated heterocycles. The van der Waals surface area contributed by atoms with E-state index in [9.17, 15) is 18.4 Å². The van der Waals surface area contributed by atoms with Crippen LogP contribution in [0, 0.1) is 11.6 Å². The minimum absolute atomic E-state index is 0.0118. The lowest BCUT2D eigenvalue weighted by Crippen LogP contribution is -2.35. The molecule has 1 aromatic heterocycles. The van der Waals surface area contributed by atoms with E-state index in [1.54, 1.807) is 5.51 Å². The molecule has 8 heteroatoms. The predicted molar refractivity (Wildman–Crippen MR) is 95.3 cm³/mol. The van der Waals surface area contributed by atoms with Crippen LogP contribution in [-0.4, -0.2) is 35.3 Å². The maximum atomic E-state index is 13.2. The minimum atomic E-state index is -0.782. The van der Waals surface area contributed by atoms with E-state index in [1.807, 2.05) is 0 Å². The van der Waals surface area contributed by atoms with Gasteiger partial charge in [0.25, 0.3) is 5.91 Å². The number of hydrogen-bond acceptors (Lipinski definition) is 4. The molecule has 1 aromatic carbocycles. The third-order valence-electron chi connectivity index (χ3n) is 4.40. The van der Waals surface area contributed by atoms with E-state index < -0.39 is 17.5 Å². The van der Waals surface area contributed by atoms with Gasteiger partial charge in [0.05, 0.1) is 17.7 Å². The molecule has 1 saturated carbocycles. The second-order valence-corrected chi connectivity index (χ2v) is 7.27. The van der Waals surface area contributed by atoms with Crippen molar-refractivity contribution in [2.45, 2.75) is 31.6 Å². The second-order valence-electron chi connectivity index (χ2n) is 6.42. The van der Waals surface area contributed by atoms with Crippen molar-refractivity contribution in [3.05, 3.63) is 45.9 Å². The molecule has 1 fully saturated rings. The van der Waals surface area contributed by atoms with Gasteiger partial charge in [0.2, 0.25) is 5.91 Å². The van der Waals surface area contributed by atoms with E-state index in [-0.39, 0.29) is 18.1 Å². The van der Waals surface area contributed by atoms with Crippen molar-refractivity contribution in [1.82, 2.24) is 9.88 Å². The minimum Gasteiger partial charge on any atom is -0.332 e. The fourth-order valence-corrected chi connectivity index (χ4v) is 4.06. The number of aromatic nitrogens is 1. The van der Waals surface area contributed by atoms with Gasteiger partial charge < -0.3 is 10.2 Å². The van der Waals surface area contributed by atoms with Crippen LogP contribution in [0.4, 0.5) is 14.5 Å². The number of amides is 2. The summed E-state index contributed by atoms with van der Waals surface area (Å²) in [6, 6.07) is 2.76. The van der Waals surface area contributed by atoms with Gasteiger partial charge in [-0.25, -0.2) is 13.8 Å². The molecule has 3 rings (SSSR count). The molecule has 0 spiro atoms. The van der Waals surface area contributed by atoms with Gasteiger partial charge in [0, 0.05) is 24.7 Å². The zero-order valence-electron chi connectivity index (χ0n) is 14.3. The fourth-order valence-electron chi connectivity index (χ4n) is 3.19. The molecule has 1 heterocycles. The number of nitrogens with zero attached hydrogens (tertiary/aromatic N) is 2. The average Bonchev–Trinajstić information content (AvgIpc) is 3.23. The van der Waals surface area contributed by atoms with E-state index in [4.69, 9.17) is 0 Å². The van der Waals surface area contributed by atoms with E-state index in [0.717, 1.165) is 49.6 Å². The summed E-state index contributed by atoms with van der Waals surface area (Å²) in [4.78, 5) is 31.0. The highest BCUT2D eigenvalue weighted by Crippen LogP contribution is 2.36. The van der Waals surface area contributed by atoms with Crippen LogP contribution < -0.4 is 5.32 Å². The van der Waals surface area contributed by atoms with Crippen molar-refractivity contribution in [3.63, 3.8) is 0 Å². The summed E-state index contributed by atoms with van der Waals surface area (Å²) in [6.07, 6.45) is 4.33. The third-order valence-corrected chi connectivity index (χ3v) is 5.24. The van der Waals surface area contributed by atoms with Gasteiger partial charge in [-0.2, -0.15) is 0 Å². The number of nitrogens with one attached hydrogen (secondary N) is 1. The molecule has 138 valence electrons. The predicted octanol–water partition coefficient (Wildman–Crippen LogP) is 3.79. The van der Waals surface area contributed by atoms with Gasteiger partial charge in [0.1, 0.15) is 16.5 Å². The zero-order chi connectivity index (χ0) is 18.7. The Morgan fingerprint density at radius 1 is 1.23 bits per heavy atom. The standard InChI is InChI=1S/C18H19F2N3O2S/c1-23(9-15(24)22-14-7-12(19)6-13(20)8-14)18(25)17-16(21-10-26-17)11-4-2-3-5-11/h6-8,10-11H,2-5,9H2,1H3,(H,22,24). The average molecular weight is 379 g/mol. The number of anilines is 1. The fraction of sp³-hybridized carbons (Fsp3) is 0.389. The van der Waals surface area contributed by atoms with Crippen molar-refractivity contribution in [1.29, 1.82) is 0 Å². The van der Waals surface area contributed by atoms with Crippen LogP contribution in [0.25, 0.3) is 0 Å². The normalized spacial score (nSPS) is 14.4. The van der Waals surface area contributed by atoms with Crippen LogP contribution >= 0.6 is 11.3 Å².